The molecule has 136 valence electrons. The van der Waals surface area contributed by atoms with E-state index in [-0.39, 0.29) is 18.4 Å². The van der Waals surface area contributed by atoms with Gasteiger partial charge in [0.2, 0.25) is 11.8 Å². The quantitative estimate of drug-likeness (QED) is 0.861. The summed E-state index contributed by atoms with van der Waals surface area (Å²) in [6.45, 7) is 5.04. The topological polar surface area (TPSA) is 61.4 Å². The van der Waals surface area contributed by atoms with Crippen molar-refractivity contribution in [1.29, 1.82) is 0 Å². The van der Waals surface area contributed by atoms with Crippen LogP contribution in [0.15, 0.2) is 24.3 Å². The number of nitrogens with zero attached hydrogens (tertiary/aromatic N) is 1. The third-order valence-electron chi connectivity index (χ3n) is 5.50. The molecule has 0 saturated carbocycles. The van der Waals surface area contributed by atoms with Crippen molar-refractivity contribution < 1.29 is 9.59 Å². The van der Waals surface area contributed by atoms with Crippen LogP contribution in [0.2, 0.25) is 0 Å². The zero-order valence-corrected chi connectivity index (χ0v) is 15.1. The zero-order valence-electron chi connectivity index (χ0n) is 15.1. The SMILES string of the molecule is CC(CC(=O)NCC(=O)N1CCCc2ccccc21)C1CCCNC1. The number of hydrogen-bond donors (Lipinski definition) is 2. The maximum absolute atomic E-state index is 12.6. The van der Waals surface area contributed by atoms with E-state index in [2.05, 4.69) is 23.6 Å². The van der Waals surface area contributed by atoms with E-state index in [1.807, 2.05) is 23.1 Å². The molecule has 0 aliphatic carbocycles. The minimum atomic E-state index is -0.0208. The minimum Gasteiger partial charge on any atom is -0.347 e. The lowest BCUT2D eigenvalue weighted by Gasteiger charge is -2.30. The first-order valence-corrected chi connectivity index (χ1v) is 9.51. The number of benzene rings is 1. The lowest BCUT2D eigenvalue weighted by molar-refractivity contribution is -0.125. The fraction of sp³-hybridized carbons (Fsp3) is 0.600. The molecule has 0 bridgehead atoms. The summed E-state index contributed by atoms with van der Waals surface area (Å²) in [5.41, 5.74) is 2.21. The van der Waals surface area contributed by atoms with Crippen LogP contribution in [-0.4, -0.2) is 38.0 Å². The molecule has 0 spiro atoms. The molecule has 2 aliphatic rings. The number of carbonyl (C=O) groups is 2. The maximum Gasteiger partial charge on any atom is 0.246 e. The van der Waals surface area contributed by atoms with Gasteiger partial charge in [-0.3, -0.25) is 9.59 Å². The number of amides is 2. The summed E-state index contributed by atoms with van der Waals surface area (Å²) in [4.78, 5) is 26.6. The Balaban J connectivity index is 1.48. The van der Waals surface area contributed by atoms with Crippen LogP contribution in [0.5, 0.6) is 0 Å². The van der Waals surface area contributed by atoms with Crippen LogP contribution in [0.1, 0.15) is 38.2 Å². The summed E-state index contributed by atoms with van der Waals surface area (Å²) in [7, 11) is 0. The standard InChI is InChI=1S/C20H29N3O2/c1-15(17-7-4-10-21-13-17)12-19(24)22-14-20(25)23-11-5-8-16-6-2-3-9-18(16)23/h2-3,6,9,15,17,21H,4-5,7-8,10-14H2,1H3,(H,22,24). The van der Waals surface area contributed by atoms with Crippen molar-refractivity contribution in [3.63, 3.8) is 0 Å². The first kappa shape index (κ1) is 17.9. The highest BCUT2D eigenvalue weighted by molar-refractivity contribution is 5.97. The molecule has 2 amide bonds. The smallest absolute Gasteiger partial charge is 0.246 e. The fourth-order valence-corrected chi connectivity index (χ4v) is 3.96. The van der Waals surface area contributed by atoms with E-state index in [1.54, 1.807) is 0 Å². The molecule has 0 aromatic heterocycles. The van der Waals surface area contributed by atoms with Crippen molar-refractivity contribution >= 4 is 17.5 Å². The first-order chi connectivity index (χ1) is 12.1. The van der Waals surface area contributed by atoms with Crippen molar-refractivity contribution in [3.8, 4) is 0 Å². The van der Waals surface area contributed by atoms with Crippen LogP contribution < -0.4 is 15.5 Å². The molecule has 2 heterocycles. The van der Waals surface area contributed by atoms with E-state index in [9.17, 15) is 9.59 Å². The van der Waals surface area contributed by atoms with Gasteiger partial charge in [0.15, 0.2) is 0 Å². The minimum absolute atomic E-state index is 0.0169. The van der Waals surface area contributed by atoms with Gasteiger partial charge in [0.05, 0.1) is 6.54 Å². The Morgan fingerprint density at radius 1 is 1.32 bits per heavy atom. The molecule has 2 unspecified atom stereocenters. The third-order valence-corrected chi connectivity index (χ3v) is 5.50. The number of piperidine rings is 1. The molecular weight excluding hydrogens is 314 g/mol. The highest BCUT2D eigenvalue weighted by Gasteiger charge is 2.24. The van der Waals surface area contributed by atoms with Gasteiger partial charge in [-0.25, -0.2) is 0 Å². The third kappa shape index (κ3) is 4.60. The molecule has 0 radical (unpaired) electrons. The number of nitrogens with one attached hydrogen (secondary N) is 2. The lowest BCUT2D eigenvalue weighted by atomic mass is 9.85. The van der Waals surface area contributed by atoms with Gasteiger partial charge in [-0.15, -0.1) is 0 Å². The van der Waals surface area contributed by atoms with Gasteiger partial charge >= 0.3 is 0 Å². The van der Waals surface area contributed by atoms with Gasteiger partial charge in [-0.1, -0.05) is 25.1 Å². The monoisotopic (exact) mass is 343 g/mol. The van der Waals surface area contributed by atoms with Crippen LogP contribution in [-0.2, 0) is 16.0 Å². The second-order valence-corrected chi connectivity index (χ2v) is 7.34. The lowest BCUT2D eigenvalue weighted by Crippen LogP contribution is -2.43. The highest BCUT2D eigenvalue weighted by atomic mass is 16.2. The molecule has 5 heteroatoms. The molecule has 1 aromatic rings. The summed E-state index contributed by atoms with van der Waals surface area (Å²) < 4.78 is 0. The molecule has 1 fully saturated rings. The first-order valence-electron chi connectivity index (χ1n) is 9.51. The molecule has 3 rings (SSSR count). The Labute approximate surface area is 150 Å². The van der Waals surface area contributed by atoms with Crippen LogP contribution >= 0.6 is 0 Å². The largest absolute Gasteiger partial charge is 0.347 e. The second-order valence-electron chi connectivity index (χ2n) is 7.34. The maximum atomic E-state index is 12.6. The number of fused-ring (bicyclic) bond motifs is 1. The Morgan fingerprint density at radius 3 is 2.96 bits per heavy atom. The average molecular weight is 343 g/mol. The van der Waals surface area contributed by atoms with Gasteiger partial charge in [0, 0.05) is 18.7 Å². The molecule has 25 heavy (non-hydrogen) atoms. The molecule has 5 nitrogen and oxygen atoms in total. The zero-order chi connectivity index (χ0) is 17.6. The van der Waals surface area contributed by atoms with Crippen LogP contribution in [0.25, 0.3) is 0 Å². The molecule has 2 N–H and O–H groups in total. The van der Waals surface area contributed by atoms with Crippen molar-refractivity contribution in [2.75, 3.05) is 31.1 Å². The van der Waals surface area contributed by atoms with Gasteiger partial charge in [0.1, 0.15) is 0 Å². The van der Waals surface area contributed by atoms with Gasteiger partial charge in [-0.05, 0) is 62.2 Å². The van der Waals surface area contributed by atoms with E-state index in [1.165, 1.54) is 18.4 Å². The molecule has 2 atom stereocenters. The van der Waals surface area contributed by atoms with Gasteiger partial charge in [0.25, 0.3) is 0 Å². The van der Waals surface area contributed by atoms with Crippen molar-refractivity contribution in [1.82, 2.24) is 10.6 Å². The van der Waals surface area contributed by atoms with E-state index in [0.717, 1.165) is 38.2 Å². The summed E-state index contributed by atoms with van der Waals surface area (Å²) >= 11 is 0. The summed E-state index contributed by atoms with van der Waals surface area (Å²) in [5, 5.41) is 6.23. The van der Waals surface area contributed by atoms with Crippen molar-refractivity contribution in [2.45, 2.75) is 39.0 Å². The highest BCUT2D eigenvalue weighted by Crippen LogP contribution is 2.26. The van der Waals surface area contributed by atoms with E-state index in [0.29, 0.717) is 18.3 Å². The Morgan fingerprint density at radius 2 is 2.16 bits per heavy atom. The number of aryl methyl sites for hydroxylation is 1. The predicted molar refractivity (Wildman–Crippen MR) is 99.5 cm³/mol. The number of para-hydroxylation sites is 1. The number of hydrogen-bond acceptors (Lipinski definition) is 3. The second kappa shape index (κ2) is 8.48. The molecular formula is C20H29N3O2. The van der Waals surface area contributed by atoms with Gasteiger partial charge < -0.3 is 15.5 Å². The van der Waals surface area contributed by atoms with Crippen LogP contribution in [0, 0.1) is 11.8 Å². The normalized spacial score (nSPS) is 21.3. The molecule has 2 aliphatic heterocycles. The number of anilines is 1. The molecule has 1 aromatic carbocycles. The van der Waals surface area contributed by atoms with E-state index < -0.39 is 0 Å². The Bertz CT molecular complexity index is 611. The van der Waals surface area contributed by atoms with Gasteiger partial charge in [-0.2, -0.15) is 0 Å². The summed E-state index contributed by atoms with van der Waals surface area (Å²) in [6, 6.07) is 8.04. The number of rotatable bonds is 5. The fourth-order valence-electron chi connectivity index (χ4n) is 3.96. The summed E-state index contributed by atoms with van der Waals surface area (Å²) in [6.07, 6.45) is 4.85. The van der Waals surface area contributed by atoms with Crippen molar-refractivity contribution in [3.05, 3.63) is 29.8 Å². The predicted octanol–water partition coefficient (Wildman–Crippen LogP) is 2.11. The number of carbonyl (C=O) groups excluding carboxylic acids is 2. The molecule has 1 saturated heterocycles. The average Bonchev–Trinajstić information content (AvgIpc) is 2.66. The van der Waals surface area contributed by atoms with E-state index >= 15 is 0 Å². The van der Waals surface area contributed by atoms with Crippen LogP contribution in [0.3, 0.4) is 0 Å². The Hall–Kier alpha value is -1.88. The van der Waals surface area contributed by atoms with Crippen molar-refractivity contribution in [2.24, 2.45) is 11.8 Å². The Kier molecular flexibility index (Phi) is 6.08. The van der Waals surface area contributed by atoms with Crippen LogP contribution in [0.4, 0.5) is 5.69 Å². The summed E-state index contributed by atoms with van der Waals surface area (Å²) in [5.74, 6) is 0.868. The van der Waals surface area contributed by atoms with E-state index in [4.69, 9.17) is 0 Å².